The van der Waals surface area contributed by atoms with Gasteiger partial charge in [-0.25, -0.2) is 27.3 Å². The van der Waals surface area contributed by atoms with E-state index in [9.17, 15) is 22.4 Å². The quantitative estimate of drug-likeness (QED) is 0.297. The number of aliphatic imine (C=N–C) groups is 1. The number of cyclic esters (lactones) is 1. The van der Waals surface area contributed by atoms with Gasteiger partial charge in [-0.05, 0) is 0 Å². The molecule has 2 N–H and O–H groups in total. The zero-order valence-electron chi connectivity index (χ0n) is 11.8. The SMILES string of the molecule is C=CCC1(CC=C)N=C(c2c(F)c(F)c(N)c(F)c2F)OC1=O. The number of anilines is 1. The summed E-state index contributed by atoms with van der Waals surface area (Å²) in [7, 11) is 0. The van der Waals surface area contributed by atoms with Crippen LogP contribution in [0.3, 0.4) is 0 Å². The van der Waals surface area contributed by atoms with Crippen molar-refractivity contribution < 1.29 is 27.1 Å². The molecule has 0 atom stereocenters. The fourth-order valence-corrected chi connectivity index (χ4v) is 2.21. The highest BCUT2D eigenvalue weighted by Crippen LogP contribution is 2.34. The number of hydrogen-bond donors (Lipinski definition) is 1. The number of rotatable bonds is 5. The maximum Gasteiger partial charge on any atom is 0.341 e. The number of carbonyl (C=O) groups excluding carboxylic acids is 1. The fourth-order valence-electron chi connectivity index (χ4n) is 2.21. The first-order valence-corrected chi connectivity index (χ1v) is 6.44. The lowest BCUT2D eigenvalue weighted by Gasteiger charge is -2.17. The molecule has 8 heteroatoms. The van der Waals surface area contributed by atoms with E-state index in [-0.39, 0.29) is 12.8 Å². The minimum Gasteiger partial charge on any atom is -0.405 e. The molecule has 0 radical (unpaired) electrons. The van der Waals surface area contributed by atoms with Gasteiger partial charge in [-0.2, -0.15) is 0 Å². The smallest absolute Gasteiger partial charge is 0.341 e. The van der Waals surface area contributed by atoms with Crippen molar-refractivity contribution in [2.24, 2.45) is 4.99 Å². The molecular formula is C15H12F4N2O2. The first kappa shape index (κ1) is 16.7. The molecule has 122 valence electrons. The summed E-state index contributed by atoms with van der Waals surface area (Å²) < 4.78 is 59.7. The number of benzene rings is 1. The van der Waals surface area contributed by atoms with Gasteiger partial charge in [0, 0.05) is 12.8 Å². The molecule has 0 spiro atoms. The lowest BCUT2D eigenvalue weighted by Crippen LogP contribution is -2.32. The number of hydrogen-bond acceptors (Lipinski definition) is 4. The zero-order valence-corrected chi connectivity index (χ0v) is 11.8. The van der Waals surface area contributed by atoms with Crippen molar-refractivity contribution in [3.8, 4) is 0 Å². The minimum absolute atomic E-state index is 0.00940. The fraction of sp³-hybridized carbons (Fsp3) is 0.200. The topological polar surface area (TPSA) is 64.7 Å². The van der Waals surface area contributed by atoms with Gasteiger partial charge in [-0.1, -0.05) is 12.2 Å². The normalized spacial score (nSPS) is 16.0. The first-order valence-electron chi connectivity index (χ1n) is 6.44. The van der Waals surface area contributed by atoms with Gasteiger partial charge in [0.15, 0.2) is 28.8 Å². The monoisotopic (exact) mass is 328 g/mol. The molecule has 1 heterocycles. The molecule has 0 aromatic heterocycles. The third-order valence-electron chi connectivity index (χ3n) is 3.36. The standard InChI is InChI=1S/C15H12F4N2O2/c1-3-5-15(6-4-2)14(22)23-13(21-15)7-8(16)10(18)12(20)11(19)9(7)17/h3-4H,1-2,5-6,20H2. The molecule has 0 unspecified atom stereocenters. The second kappa shape index (κ2) is 5.86. The van der Waals surface area contributed by atoms with Gasteiger partial charge in [0.2, 0.25) is 5.90 Å². The Balaban J connectivity index is 2.66. The van der Waals surface area contributed by atoms with Crippen molar-refractivity contribution >= 4 is 17.6 Å². The molecule has 1 aliphatic heterocycles. The second-order valence-corrected chi connectivity index (χ2v) is 4.87. The van der Waals surface area contributed by atoms with Crippen molar-refractivity contribution in [2.45, 2.75) is 18.4 Å². The van der Waals surface area contributed by atoms with Gasteiger partial charge < -0.3 is 10.5 Å². The maximum atomic E-state index is 13.9. The van der Waals surface area contributed by atoms with Gasteiger partial charge >= 0.3 is 5.97 Å². The molecule has 0 bridgehead atoms. The Morgan fingerprint density at radius 1 is 1.04 bits per heavy atom. The molecule has 23 heavy (non-hydrogen) atoms. The summed E-state index contributed by atoms with van der Waals surface area (Å²) in [6.07, 6.45) is 2.69. The van der Waals surface area contributed by atoms with Crippen molar-refractivity contribution in [1.82, 2.24) is 0 Å². The number of esters is 1. The van der Waals surface area contributed by atoms with E-state index in [4.69, 9.17) is 10.5 Å². The van der Waals surface area contributed by atoms with E-state index < -0.39 is 51.9 Å². The van der Waals surface area contributed by atoms with Crippen LogP contribution in [0.1, 0.15) is 18.4 Å². The Bertz CT molecular complexity index is 704. The van der Waals surface area contributed by atoms with Crippen LogP contribution in [0.25, 0.3) is 0 Å². The molecule has 0 aliphatic carbocycles. The van der Waals surface area contributed by atoms with E-state index in [2.05, 4.69) is 18.2 Å². The summed E-state index contributed by atoms with van der Waals surface area (Å²) in [6, 6.07) is 0. The van der Waals surface area contributed by atoms with Crippen LogP contribution in [0.5, 0.6) is 0 Å². The molecule has 1 aromatic carbocycles. The molecule has 1 aliphatic rings. The van der Waals surface area contributed by atoms with E-state index in [1.165, 1.54) is 12.2 Å². The summed E-state index contributed by atoms with van der Waals surface area (Å²) in [4.78, 5) is 15.9. The summed E-state index contributed by atoms with van der Waals surface area (Å²) in [5, 5.41) is 0. The summed E-state index contributed by atoms with van der Waals surface area (Å²) >= 11 is 0. The Morgan fingerprint density at radius 2 is 1.52 bits per heavy atom. The second-order valence-electron chi connectivity index (χ2n) is 4.87. The third kappa shape index (κ3) is 2.49. The van der Waals surface area contributed by atoms with Crippen LogP contribution in [0.4, 0.5) is 23.2 Å². The van der Waals surface area contributed by atoms with Crippen LogP contribution in [0.15, 0.2) is 30.3 Å². The lowest BCUT2D eigenvalue weighted by atomic mass is 9.92. The average molecular weight is 328 g/mol. The van der Waals surface area contributed by atoms with Crippen LogP contribution in [0.2, 0.25) is 0 Å². The number of nitrogens with two attached hydrogens (primary N) is 1. The van der Waals surface area contributed by atoms with Crippen LogP contribution >= 0.6 is 0 Å². The molecule has 0 amide bonds. The van der Waals surface area contributed by atoms with E-state index in [1.54, 1.807) is 0 Å². The van der Waals surface area contributed by atoms with Crippen LogP contribution in [-0.2, 0) is 9.53 Å². The highest BCUT2D eigenvalue weighted by atomic mass is 19.2. The highest BCUT2D eigenvalue weighted by Gasteiger charge is 2.46. The first-order chi connectivity index (χ1) is 10.8. The van der Waals surface area contributed by atoms with Crippen molar-refractivity contribution in [3.05, 3.63) is 54.1 Å². The maximum absolute atomic E-state index is 13.9. The van der Waals surface area contributed by atoms with E-state index in [0.29, 0.717) is 0 Å². The zero-order chi connectivity index (χ0) is 17.4. The number of halogens is 4. The summed E-state index contributed by atoms with van der Waals surface area (Å²) in [6.45, 7) is 6.93. The van der Waals surface area contributed by atoms with Gasteiger partial charge in [0.25, 0.3) is 0 Å². The van der Waals surface area contributed by atoms with Gasteiger partial charge in [-0.3, -0.25) is 0 Å². The Morgan fingerprint density at radius 3 is 1.96 bits per heavy atom. The number of nitrogen functional groups attached to an aromatic ring is 1. The van der Waals surface area contributed by atoms with Crippen molar-refractivity contribution in [2.75, 3.05) is 5.73 Å². The van der Waals surface area contributed by atoms with Crippen LogP contribution in [-0.4, -0.2) is 17.4 Å². The Hall–Kier alpha value is -2.64. The molecule has 0 fully saturated rings. The Kier molecular flexibility index (Phi) is 4.26. The van der Waals surface area contributed by atoms with E-state index >= 15 is 0 Å². The molecule has 4 nitrogen and oxygen atoms in total. The lowest BCUT2D eigenvalue weighted by molar-refractivity contribution is -0.138. The predicted molar refractivity (Wildman–Crippen MR) is 75.7 cm³/mol. The third-order valence-corrected chi connectivity index (χ3v) is 3.36. The predicted octanol–water partition coefficient (Wildman–Crippen LogP) is 3.02. The molecule has 1 aromatic rings. The van der Waals surface area contributed by atoms with Crippen molar-refractivity contribution in [3.63, 3.8) is 0 Å². The van der Waals surface area contributed by atoms with Crippen LogP contribution < -0.4 is 5.73 Å². The Labute approximate surface area is 129 Å². The molecule has 2 rings (SSSR count). The number of nitrogens with zero attached hydrogens (tertiary/aromatic N) is 1. The summed E-state index contributed by atoms with van der Waals surface area (Å²) in [5.74, 6) is -8.94. The van der Waals surface area contributed by atoms with Gasteiger partial charge in [-0.15, -0.1) is 13.2 Å². The number of carbonyl (C=O) groups is 1. The molecule has 0 saturated heterocycles. The molecule has 0 saturated carbocycles. The minimum atomic E-state index is -1.79. The number of ether oxygens (including phenoxy) is 1. The van der Waals surface area contributed by atoms with E-state index in [1.807, 2.05) is 0 Å². The van der Waals surface area contributed by atoms with E-state index in [0.717, 1.165) is 0 Å². The van der Waals surface area contributed by atoms with Gasteiger partial charge in [0.05, 0.1) is 0 Å². The molecular weight excluding hydrogens is 316 g/mol. The average Bonchev–Trinajstić information content (AvgIpc) is 2.81. The van der Waals surface area contributed by atoms with Gasteiger partial charge in [0.1, 0.15) is 11.3 Å². The largest absolute Gasteiger partial charge is 0.405 e. The van der Waals surface area contributed by atoms with Crippen molar-refractivity contribution in [1.29, 1.82) is 0 Å². The van der Waals surface area contributed by atoms with Crippen LogP contribution in [0, 0.1) is 23.3 Å². The highest BCUT2D eigenvalue weighted by molar-refractivity contribution is 6.08. The summed E-state index contributed by atoms with van der Waals surface area (Å²) in [5.41, 5.74) is 0.868.